The first kappa shape index (κ1) is 10.5. The zero-order valence-electron chi connectivity index (χ0n) is 9.96. The molecule has 2 aromatic heterocycles. The zero-order chi connectivity index (χ0) is 12.2. The molecule has 0 N–H and O–H groups in total. The average Bonchev–Trinajstić information content (AvgIpc) is 2.62. The largest absolute Gasteiger partial charge is 0.461 e. The molecule has 17 heavy (non-hydrogen) atoms. The first-order valence-corrected chi connectivity index (χ1v) is 5.91. The Morgan fingerprint density at radius 2 is 1.71 bits per heavy atom. The summed E-state index contributed by atoms with van der Waals surface area (Å²) in [4.78, 5) is 0. The molecule has 0 radical (unpaired) electrons. The van der Waals surface area contributed by atoms with Crippen LogP contribution in [0.15, 0.2) is 27.0 Å². The highest BCUT2D eigenvalue weighted by atomic mass is 32.1. The van der Waals surface area contributed by atoms with Crippen molar-refractivity contribution in [1.82, 2.24) is 0 Å². The van der Waals surface area contributed by atoms with Crippen LogP contribution in [0, 0.1) is 25.5 Å². The second-order valence-corrected chi connectivity index (χ2v) is 4.80. The van der Waals surface area contributed by atoms with Crippen molar-refractivity contribution in [3.8, 4) is 0 Å². The minimum Gasteiger partial charge on any atom is -0.461 e. The molecule has 3 aromatic rings. The molecule has 0 saturated heterocycles. The standard InChI is InChI=1S/C14H12O2S/c1-7-4-12(17)16-14-9(3)13-10(6-11(7)14)5-8(2)15-13/h4-6H,1-3H3. The van der Waals surface area contributed by atoms with Crippen LogP contribution >= 0.6 is 12.2 Å². The van der Waals surface area contributed by atoms with Gasteiger partial charge in [-0.25, -0.2) is 0 Å². The van der Waals surface area contributed by atoms with Crippen molar-refractivity contribution in [1.29, 1.82) is 0 Å². The fourth-order valence-electron chi connectivity index (χ4n) is 2.27. The van der Waals surface area contributed by atoms with Gasteiger partial charge in [-0.1, -0.05) is 0 Å². The molecular weight excluding hydrogens is 232 g/mol. The van der Waals surface area contributed by atoms with Gasteiger partial charge in [0.05, 0.1) is 0 Å². The highest BCUT2D eigenvalue weighted by molar-refractivity contribution is 7.71. The van der Waals surface area contributed by atoms with Gasteiger partial charge in [0.25, 0.3) is 0 Å². The Kier molecular flexibility index (Phi) is 2.13. The van der Waals surface area contributed by atoms with Crippen LogP contribution in [-0.2, 0) is 0 Å². The lowest BCUT2D eigenvalue weighted by atomic mass is 10.1. The summed E-state index contributed by atoms with van der Waals surface area (Å²) in [5.41, 5.74) is 3.87. The minimum absolute atomic E-state index is 0.515. The predicted octanol–water partition coefficient (Wildman–Crippen LogP) is 4.83. The fourth-order valence-corrected chi connectivity index (χ4v) is 2.53. The Labute approximate surface area is 104 Å². The van der Waals surface area contributed by atoms with Crippen LogP contribution in [0.5, 0.6) is 0 Å². The van der Waals surface area contributed by atoms with Gasteiger partial charge in [0.15, 0.2) is 4.71 Å². The first-order chi connectivity index (χ1) is 8.06. The molecule has 0 amide bonds. The van der Waals surface area contributed by atoms with Crippen LogP contribution in [0.2, 0.25) is 0 Å². The monoisotopic (exact) mass is 244 g/mol. The SMILES string of the molecule is Cc1cc2cc3c(C)cc(=S)oc3c(C)c2o1. The van der Waals surface area contributed by atoms with E-state index in [1.807, 2.05) is 32.9 Å². The maximum atomic E-state index is 5.69. The third-order valence-electron chi connectivity index (χ3n) is 3.07. The molecule has 0 atom stereocenters. The minimum atomic E-state index is 0.515. The van der Waals surface area contributed by atoms with E-state index in [4.69, 9.17) is 21.1 Å². The Balaban J connectivity index is 2.63. The molecule has 0 aliphatic carbocycles. The van der Waals surface area contributed by atoms with Crippen molar-refractivity contribution in [3.05, 3.63) is 39.8 Å². The molecule has 0 bridgehead atoms. The predicted molar refractivity (Wildman–Crippen MR) is 71.0 cm³/mol. The molecular formula is C14H12O2S. The smallest absolute Gasteiger partial charge is 0.191 e. The molecule has 3 rings (SSSR count). The molecule has 2 nitrogen and oxygen atoms in total. The van der Waals surface area contributed by atoms with Crippen LogP contribution in [-0.4, -0.2) is 0 Å². The van der Waals surface area contributed by atoms with Gasteiger partial charge < -0.3 is 8.83 Å². The summed E-state index contributed by atoms with van der Waals surface area (Å²) in [6.45, 7) is 6.00. The van der Waals surface area contributed by atoms with Gasteiger partial charge in [-0.2, -0.15) is 0 Å². The molecule has 2 heterocycles. The normalized spacial score (nSPS) is 11.5. The van der Waals surface area contributed by atoms with Gasteiger partial charge in [0, 0.05) is 16.3 Å². The number of rotatable bonds is 0. The van der Waals surface area contributed by atoms with Crippen LogP contribution in [0.1, 0.15) is 16.9 Å². The van der Waals surface area contributed by atoms with Crippen molar-refractivity contribution in [3.63, 3.8) is 0 Å². The Morgan fingerprint density at radius 3 is 2.47 bits per heavy atom. The Bertz CT molecular complexity index is 793. The summed E-state index contributed by atoms with van der Waals surface area (Å²) in [6.07, 6.45) is 0. The summed E-state index contributed by atoms with van der Waals surface area (Å²) in [5.74, 6) is 0.912. The summed E-state index contributed by atoms with van der Waals surface area (Å²) in [5, 5.41) is 2.22. The lowest BCUT2D eigenvalue weighted by Crippen LogP contribution is -1.83. The molecule has 0 aliphatic rings. The van der Waals surface area contributed by atoms with Crippen LogP contribution in [0.25, 0.3) is 21.9 Å². The number of hydrogen-bond donors (Lipinski definition) is 0. The summed E-state index contributed by atoms with van der Waals surface area (Å²) >= 11 is 5.12. The lowest BCUT2D eigenvalue weighted by Gasteiger charge is -2.04. The number of benzene rings is 1. The van der Waals surface area contributed by atoms with Crippen molar-refractivity contribution in [2.75, 3.05) is 0 Å². The highest BCUT2D eigenvalue weighted by Crippen LogP contribution is 2.31. The van der Waals surface area contributed by atoms with E-state index in [2.05, 4.69) is 6.07 Å². The Hall–Kier alpha value is -1.61. The van der Waals surface area contributed by atoms with Crippen molar-refractivity contribution < 1.29 is 8.83 Å². The van der Waals surface area contributed by atoms with Gasteiger partial charge in [-0.05, 0) is 56.8 Å². The van der Waals surface area contributed by atoms with Crippen molar-refractivity contribution >= 4 is 34.2 Å². The van der Waals surface area contributed by atoms with Gasteiger partial charge in [0.1, 0.15) is 16.9 Å². The van der Waals surface area contributed by atoms with E-state index < -0.39 is 0 Å². The molecule has 0 unspecified atom stereocenters. The van der Waals surface area contributed by atoms with E-state index in [-0.39, 0.29) is 0 Å². The molecule has 1 aromatic carbocycles. The number of furan rings is 1. The molecule has 0 spiro atoms. The zero-order valence-corrected chi connectivity index (χ0v) is 10.8. The summed E-state index contributed by atoms with van der Waals surface area (Å²) in [6, 6.07) is 6.03. The summed E-state index contributed by atoms with van der Waals surface area (Å²) < 4.78 is 11.9. The maximum absolute atomic E-state index is 5.69. The number of hydrogen-bond acceptors (Lipinski definition) is 3. The van der Waals surface area contributed by atoms with E-state index in [0.29, 0.717) is 4.71 Å². The van der Waals surface area contributed by atoms with Gasteiger partial charge in [0.2, 0.25) is 0 Å². The molecule has 86 valence electrons. The second-order valence-electron chi connectivity index (χ2n) is 4.40. The van der Waals surface area contributed by atoms with Gasteiger partial charge in [-0.3, -0.25) is 0 Å². The van der Waals surface area contributed by atoms with Crippen LogP contribution in [0.4, 0.5) is 0 Å². The lowest BCUT2D eigenvalue weighted by molar-refractivity contribution is 0.566. The molecule has 0 fully saturated rings. The van der Waals surface area contributed by atoms with E-state index in [1.54, 1.807) is 0 Å². The van der Waals surface area contributed by atoms with Crippen molar-refractivity contribution in [2.24, 2.45) is 0 Å². The highest BCUT2D eigenvalue weighted by Gasteiger charge is 2.11. The second kappa shape index (κ2) is 3.44. The molecule has 3 heteroatoms. The van der Waals surface area contributed by atoms with Crippen LogP contribution in [0.3, 0.4) is 0 Å². The van der Waals surface area contributed by atoms with Crippen molar-refractivity contribution in [2.45, 2.75) is 20.8 Å². The fraction of sp³-hybridized carbons (Fsp3) is 0.214. The number of fused-ring (bicyclic) bond motifs is 2. The topological polar surface area (TPSA) is 26.3 Å². The molecule has 0 saturated carbocycles. The average molecular weight is 244 g/mol. The number of aryl methyl sites for hydroxylation is 3. The molecule has 0 aliphatic heterocycles. The van der Waals surface area contributed by atoms with E-state index in [1.165, 1.54) is 0 Å². The van der Waals surface area contributed by atoms with E-state index >= 15 is 0 Å². The quantitative estimate of drug-likeness (QED) is 0.529. The summed E-state index contributed by atoms with van der Waals surface area (Å²) in [7, 11) is 0. The Morgan fingerprint density at radius 1 is 0.941 bits per heavy atom. The van der Waals surface area contributed by atoms with Crippen LogP contribution < -0.4 is 0 Å². The third-order valence-corrected chi connectivity index (χ3v) is 3.27. The first-order valence-electron chi connectivity index (χ1n) is 5.50. The third kappa shape index (κ3) is 1.50. The van der Waals surface area contributed by atoms with E-state index in [0.717, 1.165) is 38.8 Å². The van der Waals surface area contributed by atoms with Gasteiger partial charge in [-0.15, -0.1) is 0 Å². The van der Waals surface area contributed by atoms with E-state index in [9.17, 15) is 0 Å². The maximum Gasteiger partial charge on any atom is 0.191 e. The van der Waals surface area contributed by atoms with Gasteiger partial charge >= 0.3 is 0 Å².